The van der Waals surface area contributed by atoms with Crippen LogP contribution in [0.4, 0.5) is 14.5 Å². The molecule has 0 spiro atoms. The summed E-state index contributed by atoms with van der Waals surface area (Å²) in [6.45, 7) is 1.48. The number of hydrogen-bond donors (Lipinski definition) is 0. The van der Waals surface area contributed by atoms with Crippen molar-refractivity contribution in [3.63, 3.8) is 0 Å². The van der Waals surface area contributed by atoms with Crippen molar-refractivity contribution >= 4 is 34.0 Å². The number of piperazine rings is 1. The first-order chi connectivity index (χ1) is 17.0. The SMILES string of the molecule is N#Cc1c(N2CCN(C(=O)c3cccs3)CC2)c2cc(F)cnc2n(Cc2cccc(F)c2)c1=O. The summed E-state index contributed by atoms with van der Waals surface area (Å²) in [5, 5.41) is 12.1. The normalized spacial score (nSPS) is 13.7. The zero-order valence-corrected chi connectivity index (χ0v) is 19.3. The number of amides is 1. The zero-order valence-electron chi connectivity index (χ0n) is 18.4. The Morgan fingerprint density at radius 1 is 1.09 bits per heavy atom. The fourth-order valence-corrected chi connectivity index (χ4v) is 5.06. The topological polar surface area (TPSA) is 82.2 Å². The highest BCUT2D eigenvalue weighted by Crippen LogP contribution is 2.30. The second-order valence-electron chi connectivity index (χ2n) is 8.14. The van der Waals surface area contributed by atoms with Crippen LogP contribution in [0.1, 0.15) is 20.8 Å². The van der Waals surface area contributed by atoms with Crippen molar-refractivity contribution in [3.8, 4) is 6.07 Å². The van der Waals surface area contributed by atoms with Gasteiger partial charge in [0.25, 0.3) is 11.5 Å². The van der Waals surface area contributed by atoms with E-state index in [0.29, 0.717) is 47.7 Å². The summed E-state index contributed by atoms with van der Waals surface area (Å²) in [6.07, 6.45) is 1.01. The van der Waals surface area contributed by atoms with E-state index in [0.717, 1.165) is 6.20 Å². The van der Waals surface area contributed by atoms with E-state index in [2.05, 4.69) is 4.98 Å². The number of thiophene rings is 1. The van der Waals surface area contributed by atoms with Gasteiger partial charge in [0.05, 0.1) is 23.3 Å². The lowest BCUT2D eigenvalue weighted by molar-refractivity contribution is 0.0751. The summed E-state index contributed by atoms with van der Waals surface area (Å²) in [7, 11) is 0. The van der Waals surface area contributed by atoms with Gasteiger partial charge in [-0.2, -0.15) is 5.26 Å². The number of aromatic nitrogens is 2. The Kier molecular flexibility index (Phi) is 6.01. The molecule has 1 fully saturated rings. The van der Waals surface area contributed by atoms with Gasteiger partial charge >= 0.3 is 0 Å². The lowest BCUT2D eigenvalue weighted by atomic mass is 10.1. The molecule has 176 valence electrons. The van der Waals surface area contributed by atoms with E-state index < -0.39 is 17.2 Å². The molecule has 0 radical (unpaired) electrons. The number of halogens is 2. The molecule has 0 saturated carbocycles. The number of nitriles is 1. The third-order valence-corrected chi connectivity index (χ3v) is 6.85. The summed E-state index contributed by atoms with van der Waals surface area (Å²) >= 11 is 1.37. The lowest BCUT2D eigenvalue weighted by Gasteiger charge is -2.36. The van der Waals surface area contributed by atoms with Crippen LogP contribution in [-0.2, 0) is 6.54 Å². The summed E-state index contributed by atoms with van der Waals surface area (Å²) < 4.78 is 29.3. The average Bonchev–Trinajstić information content (AvgIpc) is 3.40. The van der Waals surface area contributed by atoms with Crippen LogP contribution in [-0.4, -0.2) is 46.5 Å². The first-order valence-corrected chi connectivity index (χ1v) is 11.8. The lowest BCUT2D eigenvalue weighted by Crippen LogP contribution is -2.49. The van der Waals surface area contributed by atoms with Crippen LogP contribution in [0.15, 0.2) is 58.8 Å². The van der Waals surface area contributed by atoms with Crippen LogP contribution in [0.3, 0.4) is 0 Å². The fourth-order valence-electron chi connectivity index (χ4n) is 4.37. The van der Waals surface area contributed by atoms with Crippen molar-refractivity contribution < 1.29 is 13.6 Å². The molecule has 4 heterocycles. The van der Waals surface area contributed by atoms with Crippen molar-refractivity contribution in [2.24, 2.45) is 0 Å². The molecular weight excluding hydrogens is 472 g/mol. The van der Waals surface area contributed by atoms with Gasteiger partial charge < -0.3 is 9.80 Å². The molecule has 1 aliphatic rings. The highest BCUT2D eigenvalue weighted by Gasteiger charge is 2.28. The Morgan fingerprint density at radius 2 is 1.89 bits per heavy atom. The molecular formula is C25H19F2N5O2S. The Labute approximate surface area is 203 Å². The summed E-state index contributed by atoms with van der Waals surface area (Å²) in [5.41, 5.74) is 0.289. The fraction of sp³-hybridized carbons (Fsp3) is 0.200. The number of hydrogen-bond acceptors (Lipinski definition) is 6. The van der Waals surface area contributed by atoms with Gasteiger partial charge in [0.2, 0.25) is 0 Å². The number of nitrogens with zero attached hydrogens (tertiary/aromatic N) is 5. The maximum absolute atomic E-state index is 14.3. The smallest absolute Gasteiger partial charge is 0.272 e. The maximum Gasteiger partial charge on any atom is 0.272 e. The summed E-state index contributed by atoms with van der Waals surface area (Å²) in [5.74, 6) is -1.13. The molecule has 1 aliphatic heterocycles. The number of anilines is 1. The van der Waals surface area contributed by atoms with Crippen molar-refractivity contribution in [2.45, 2.75) is 6.54 Å². The van der Waals surface area contributed by atoms with Crippen molar-refractivity contribution in [1.29, 1.82) is 5.26 Å². The second kappa shape index (κ2) is 9.27. The largest absolute Gasteiger partial charge is 0.366 e. The van der Waals surface area contributed by atoms with Gasteiger partial charge in [0.15, 0.2) is 0 Å². The Hall–Kier alpha value is -4.10. The van der Waals surface area contributed by atoms with Gasteiger partial charge in [-0.15, -0.1) is 11.3 Å². The van der Waals surface area contributed by atoms with Gasteiger partial charge in [0.1, 0.15) is 28.9 Å². The molecule has 0 aliphatic carbocycles. The molecule has 0 atom stereocenters. The molecule has 0 bridgehead atoms. The number of benzene rings is 1. The predicted molar refractivity (Wildman–Crippen MR) is 129 cm³/mol. The van der Waals surface area contributed by atoms with Gasteiger partial charge in [-0.05, 0) is 35.2 Å². The Balaban J connectivity index is 1.55. The third-order valence-electron chi connectivity index (χ3n) is 6.00. The van der Waals surface area contributed by atoms with E-state index in [-0.39, 0.29) is 23.7 Å². The van der Waals surface area contributed by atoms with Crippen molar-refractivity contribution in [2.75, 3.05) is 31.1 Å². The second-order valence-corrected chi connectivity index (χ2v) is 9.09. The summed E-state index contributed by atoms with van der Waals surface area (Å²) in [4.78, 5) is 34.5. The molecule has 4 aromatic rings. The van der Waals surface area contributed by atoms with Gasteiger partial charge in [-0.1, -0.05) is 18.2 Å². The monoisotopic (exact) mass is 491 g/mol. The van der Waals surface area contributed by atoms with Crippen LogP contribution in [0, 0.1) is 23.0 Å². The van der Waals surface area contributed by atoms with Gasteiger partial charge in [-0.3, -0.25) is 14.2 Å². The minimum absolute atomic E-state index is 0.0240. The average molecular weight is 492 g/mol. The first kappa shape index (κ1) is 22.7. The Bertz CT molecular complexity index is 1520. The van der Waals surface area contributed by atoms with Crippen molar-refractivity contribution in [1.82, 2.24) is 14.5 Å². The van der Waals surface area contributed by atoms with E-state index in [4.69, 9.17) is 0 Å². The molecule has 0 N–H and O–H groups in total. The number of rotatable bonds is 4. The molecule has 7 nitrogen and oxygen atoms in total. The maximum atomic E-state index is 14.3. The van der Waals surface area contributed by atoms with Crippen LogP contribution in [0.2, 0.25) is 0 Å². The predicted octanol–water partition coefficient (Wildman–Crippen LogP) is 3.62. The minimum atomic E-state index is -0.606. The number of carbonyl (C=O) groups is 1. The number of carbonyl (C=O) groups excluding carboxylic acids is 1. The van der Waals surface area contributed by atoms with Crippen LogP contribution < -0.4 is 10.5 Å². The van der Waals surface area contributed by atoms with E-state index in [1.165, 1.54) is 40.2 Å². The molecule has 5 rings (SSSR count). The van der Waals surface area contributed by atoms with Crippen LogP contribution in [0.25, 0.3) is 11.0 Å². The summed E-state index contributed by atoms with van der Waals surface area (Å²) in [6, 6.07) is 12.6. The molecule has 1 amide bonds. The van der Waals surface area contributed by atoms with Gasteiger partial charge in [-0.25, -0.2) is 13.8 Å². The Morgan fingerprint density at radius 3 is 2.57 bits per heavy atom. The number of fused-ring (bicyclic) bond motifs is 1. The van der Waals surface area contributed by atoms with E-state index in [1.807, 2.05) is 22.4 Å². The molecule has 1 aromatic carbocycles. The highest BCUT2D eigenvalue weighted by molar-refractivity contribution is 7.12. The van der Waals surface area contributed by atoms with Gasteiger partial charge in [0, 0.05) is 31.6 Å². The van der Waals surface area contributed by atoms with E-state index in [1.54, 1.807) is 17.0 Å². The highest BCUT2D eigenvalue weighted by atomic mass is 32.1. The zero-order chi connectivity index (χ0) is 24.5. The minimum Gasteiger partial charge on any atom is -0.366 e. The molecule has 1 saturated heterocycles. The molecule has 10 heteroatoms. The van der Waals surface area contributed by atoms with E-state index in [9.17, 15) is 23.6 Å². The van der Waals surface area contributed by atoms with Crippen LogP contribution >= 0.6 is 11.3 Å². The van der Waals surface area contributed by atoms with Crippen LogP contribution in [0.5, 0.6) is 0 Å². The molecule has 0 unspecified atom stereocenters. The third kappa shape index (κ3) is 4.26. The standard InChI is InChI=1S/C25H19F2N5O2S/c26-17-4-1-3-16(11-17)15-32-23-19(12-18(27)14-29-23)22(20(13-28)24(32)33)30-6-8-31(9-7-30)25(34)21-5-2-10-35-21/h1-5,10-12,14H,6-9,15H2. The quantitative estimate of drug-likeness (QED) is 0.436. The van der Waals surface area contributed by atoms with E-state index >= 15 is 0 Å². The number of pyridine rings is 2. The first-order valence-electron chi connectivity index (χ1n) is 10.9. The van der Waals surface area contributed by atoms with Crippen molar-refractivity contribution in [3.05, 3.63) is 92.0 Å². The molecule has 35 heavy (non-hydrogen) atoms. The molecule has 3 aromatic heterocycles.